The molecule has 1 atom stereocenters. The molecule has 1 N–H and O–H groups in total. The van der Waals surface area contributed by atoms with Crippen LogP contribution in [-0.2, 0) is 11.4 Å². The Morgan fingerprint density at radius 1 is 1.21 bits per heavy atom. The van der Waals surface area contributed by atoms with E-state index in [2.05, 4.69) is 10.3 Å². The second-order valence-corrected chi connectivity index (χ2v) is 10.2. The molecule has 178 valence electrons. The van der Waals surface area contributed by atoms with Gasteiger partial charge in [0.15, 0.2) is 0 Å². The van der Waals surface area contributed by atoms with Crippen LogP contribution in [0.1, 0.15) is 60.2 Å². The SMILES string of the molecule is COc1ccc(F)c(-n2nnc(COc3cccc(C(CC(=O)O)SC4CC4)c3)c2C2CC2)c1. The van der Waals surface area contributed by atoms with Crippen LogP contribution in [0.15, 0.2) is 42.5 Å². The summed E-state index contributed by atoms with van der Waals surface area (Å²) in [7, 11) is 1.54. The molecule has 0 radical (unpaired) electrons. The van der Waals surface area contributed by atoms with Gasteiger partial charge in [0.05, 0.1) is 19.2 Å². The van der Waals surface area contributed by atoms with Crippen LogP contribution in [0.5, 0.6) is 11.5 Å². The normalized spacial score (nSPS) is 16.3. The Morgan fingerprint density at radius 3 is 2.74 bits per heavy atom. The first-order valence-electron chi connectivity index (χ1n) is 11.4. The molecular formula is C25H26FN3O4S. The summed E-state index contributed by atoms with van der Waals surface area (Å²) in [5.41, 5.74) is 2.78. The molecule has 0 spiro atoms. The molecule has 2 saturated carbocycles. The fraction of sp³-hybridized carbons (Fsp3) is 0.400. The van der Waals surface area contributed by atoms with Gasteiger partial charge in [0, 0.05) is 22.5 Å². The van der Waals surface area contributed by atoms with E-state index in [0.29, 0.717) is 28.1 Å². The number of carboxylic acids is 1. The monoisotopic (exact) mass is 483 g/mol. The van der Waals surface area contributed by atoms with Crippen LogP contribution < -0.4 is 9.47 Å². The lowest BCUT2D eigenvalue weighted by Gasteiger charge is -2.16. The van der Waals surface area contributed by atoms with E-state index < -0.39 is 11.8 Å². The Balaban J connectivity index is 1.36. The number of benzene rings is 2. The molecule has 9 heteroatoms. The zero-order valence-electron chi connectivity index (χ0n) is 18.8. The molecule has 1 aromatic heterocycles. The lowest BCUT2D eigenvalue weighted by atomic mass is 10.1. The van der Waals surface area contributed by atoms with Crippen LogP contribution in [-0.4, -0.2) is 38.4 Å². The molecule has 0 aliphatic heterocycles. The zero-order chi connectivity index (χ0) is 23.7. The molecule has 2 aliphatic rings. The molecule has 2 fully saturated rings. The molecule has 1 heterocycles. The van der Waals surface area contributed by atoms with E-state index in [1.165, 1.54) is 13.2 Å². The number of halogens is 1. The lowest BCUT2D eigenvalue weighted by molar-refractivity contribution is -0.137. The molecule has 0 bridgehead atoms. The second kappa shape index (κ2) is 9.66. The van der Waals surface area contributed by atoms with Crippen molar-refractivity contribution in [2.75, 3.05) is 7.11 Å². The summed E-state index contributed by atoms with van der Waals surface area (Å²) >= 11 is 1.73. The van der Waals surface area contributed by atoms with E-state index in [-0.39, 0.29) is 24.2 Å². The van der Waals surface area contributed by atoms with Gasteiger partial charge in [-0.2, -0.15) is 0 Å². The van der Waals surface area contributed by atoms with Gasteiger partial charge in [-0.05, 0) is 55.5 Å². The van der Waals surface area contributed by atoms with Crippen molar-refractivity contribution in [1.82, 2.24) is 15.0 Å². The van der Waals surface area contributed by atoms with Crippen LogP contribution in [0.4, 0.5) is 4.39 Å². The fourth-order valence-electron chi connectivity index (χ4n) is 3.94. The highest BCUT2D eigenvalue weighted by Gasteiger charge is 2.33. The highest BCUT2D eigenvalue weighted by atomic mass is 32.2. The molecule has 2 aliphatic carbocycles. The first kappa shape index (κ1) is 22.7. The standard InChI is InChI=1S/C25H26FN3O4S/c1-32-17-7-10-20(26)22(12-17)29-25(15-5-6-15)21(27-28-29)14-33-18-4-2-3-16(11-18)23(13-24(30)31)34-19-8-9-19/h2-4,7,10-12,15,19,23H,5-6,8-9,13-14H2,1H3,(H,30,31). The number of carboxylic acid groups (broad SMARTS) is 1. The molecule has 0 saturated heterocycles. The quantitative estimate of drug-likeness (QED) is 0.397. The van der Waals surface area contributed by atoms with Crippen molar-refractivity contribution >= 4 is 17.7 Å². The van der Waals surface area contributed by atoms with Crippen LogP contribution >= 0.6 is 11.8 Å². The van der Waals surface area contributed by atoms with Crippen LogP contribution in [0, 0.1) is 5.82 Å². The Kier molecular flexibility index (Phi) is 6.45. The molecule has 2 aromatic carbocycles. The van der Waals surface area contributed by atoms with E-state index in [4.69, 9.17) is 9.47 Å². The Hall–Kier alpha value is -3.07. The molecular weight excluding hydrogens is 457 g/mol. The predicted molar refractivity (Wildman–Crippen MR) is 126 cm³/mol. The predicted octanol–water partition coefficient (Wildman–Crippen LogP) is 5.28. The summed E-state index contributed by atoms with van der Waals surface area (Å²) in [6, 6.07) is 12.1. The van der Waals surface area contributed by atoms with Crippen LogP contribution in [0.3, 0.4) is 0 Å². The number of methoxy groups -OCH3 is 1. The third kappa shape index (κ3) is 5.19. The van der Waals surface area contributed by atoms with Gasteiger partial charge in [0.2, 0.25) is 0 Å². The maximum absolute atomic E-state index is 14.6. The largest absolute Gasteiger partial charge is 0.497 e. The minimum atomic E-state index is -0.806. The Labute approximate surface area is 201 Å². The summed E-state index contributed by atoms with van der Waals surface area (Å²) in [6.45, 7) is 0.195. The summed E-state index contributed by atoms with van der Waals surface area (Å²) in [5, 5.41) is 18.3. The number of carbonyl (C=O) groups is 1. The third-order valence-corrected chi connectivity index (χ3v) is 7.59. The summed E-state index contributed by atoms with van der Waals surface area (Å²) < 4.78 is 27.5. The number of aromatic nitrogens is 3. The molecule has 3 aromatic rings. The van der Waals surface area contributed by atoms with Crippen LogP contribution in [0.2, 0.25) is 0 Å². The van der Waals surface area contributed by atoms with E-state index in [1.807, 2.05) is 24.3 Å². The van der Waals surface area contributed by atoms with Gasteiger partial charge in [-0.1, -0.05) is 17.3 Å². The van der Waals surface area contributed by atoms with E-state index in [0.717, 1.165) is 36.9 Å². The summed E-state index contributed by atoms with van der Waals surface area (Å²) in [4.78, 5) is 11.4. The van der Waals surface area contributed by atoms with Gasteiger partial charge < -0.3 is 14.6 Å². The summed E-state index contributed by atoms with van der Waals surface area (Å²) in [6.07, 6.45) is 4.36. The average Bonchev–Trinajstić information content (AvgIpc) is 3.77. The Morgan fingerprint density at radius 2 is 2.03 bits per heavy atom. The van der Waals surface area contributed by atoms with E-state index in [1.54, 1.807) is 28.6 Å². The van der Waals surface area contributed by atoms with Crippen molar-refractivity contribution in [3.63, 3.8) is 0 Å². The van der Waals surface area contributed by atoms with Crippen LogP contribution in [0.25, 0.3) is 5.69 Å². The van der Waals surface area contributed by atoms with Crippen molar-refractivity contribution in [2.45, 2.75) is 55.1 Å². The highest BCUT2D eigenvalue weighted by molar-refractivity contribution is 8.00. The minimum absolute atomic E-state index is 0.0802. The third-order valence-electron chi connectivity index (χ3n) is 5.97. The lowest BCUT2D eigenvalue weighted by Crippen LogP contribution is -2.07. The maximum atomic E-state index is 14.6. The highest BCUT2D eigenvalue weighted by Crippen LogP contribution is 2.46. The molecule has 7 nitrogen and oxygen atoms in total. The molecule has 0 amide bonds. The van der Waals surface area contributed by atoms with E-state index >= 15 is 0 Å². The number of hydrogen-bond donors (Lipinski definition) is 1. The number of aliphatic carboxylic acids is 1. The first-order chi connectivity index (χ1) is 16.5. The molecule has 1 unspecified atom stereocenters. The number of nitrogens with zero attached hydrogens (tertiary/aromatic N) is 3. The van der Waals surface area contributed by atoms with Crippen molar-refractivity contribution in [1.29, 1.82) is 0 Å². The fourth-order valence-corrected chi connectivity index (χ4v) is 5.36. The van der Waals surface area contributed by atoms with Crippen molar-refractivity contribution in [3.8, 4) is 17.2 Å². The van der Waals surface area contributed by atoms with Gasteiger partial charge in [-0.15, -0.1) is 16.9 Å². The smallest absolute Gasteiger partial charge is 0.304 e. The van der Waals surface area contributed by atoms with Gasteiger partial charge in [0.1, 0.15) is 35.3 Å². The minimum Gasteiger partial charge on any atom is -0.497 e. The second-order valence-electron chi connectivity index (χ2n) is 8.71. The topological polar surface area (TPSA) is 86.5 Å². The van der Waals surface area contributed by atoms with Gasteiger partial charge in [-0.3, -0.25) is 4.79 Å². The number of rotatable bonds is 11. The van der Waals surface area contributed by atoms with Crippen molar-refractivity contribution < 1.29 is 23.8 Å². The number of thioether (sulfide) groups is 1. The number of hydrogen-bond acceptors (Lipinski definition) is 6. The van der Waals surface area contributed by atoms with Crippen molar-refractivity contribution in [3.05, 3.63) is 65.2 Å². The maximum Gasteiger partial charge on any atom is 0.304 e. The Bertz CT molecular complexity index is 1190. The molecule has 5 rings (SSSR count). The zero-order valence-corrected chi connectivity index (χ0v) is 19.6. The van der Waals surface area contributed by atoms with Gasteiger partial charge in [0.25, 0.3) is 0 Å². The first-order valence-corrected chi connectivity index (χ1v) is 12.3. The average molecular weight is 484 g/mol. The van der Waals surface area contributed by atoms with Gasteiger partial charge >= 0.3 is 5.97 Å². The van der Waals surface area contributed by atoms with E-state index in [9.17, 15) is 14.3 Å². The van der Waals surface area contributed by atoms with Crippen molar-refractivity contribution in [2.24, 2.45) is 0 Å². The summed E-state index contributed by atoms with van der Waals surface area (Å²) in [5.74, 6) is 0.252. The molecule has 34 heavy (non-hydrogen) atoms. The number of ether oxygens (including phenoxy) is 2. The van der Waals surface area contributed by atoms with Gasteiger partial charge in [-0.25, -0.2) is 9.07 Å².